The Labute approximate surface area is 144 Å². The summed E-state index contributed by atoms with van der Waals surface area (Å²) in [5, 5.41) is 3.03. The molecule has 0 saturated carbocycles. The third-order valence-corrected chi connectivity index (χ3v) is 3.99. The smallest absolute Gasteiger partial charge is 0.270 e. The van der Waals surface area contributed by atoms with E-state index in [0.717, 1.165) is 16.6 Å². The molecular formula is C20H16N4O. The van der Waals surface area contributed by atoms with Gasteiger partial charge in [-0.05, 0) is 29.8 Å². The molecule has 5 heteroatoms. The first-order chi connectivity index (χ1) is 12.3. The maximum Gasteiger partial charge on any atom is 0.270 e. The van der Waals surface area contributed by atoms with Crippen molar-refractivity contribution >= 4 is 16.9 Å². The second-order valence-electron chi connectivity index (χ2n) is 5.67. The molecule has 0 unspecified atom stereocenters. The van der Waals surface area contributed by atoms with Crippen LogP contribution in [0.25, 0.3) is 11.0 Å². The minimum atomic E-state index is -0.386. The molecule has 0 radical (unpaired) electrons. The van der Waals surface area contributed by atoms with Crippen LogP contribution in [0.15, 0.2) is 79.0 Å². The van der Waals surface area contributed by atoms with E-state index < -0.39 is 0 Å². The minimum Gasteiger partial charge on any atom is -0.340 e. The number of hydrogen-bond acceptors (Lipinski definition) is 3. The van der Waals surface area contributed by atoms with E-state index in [1.165, 1.54) is 0 Å². The van der Waals surface area contributed by atoms with Gasteiger partial charge in [-0.3, -0.25) is 9.78 Å². The first kappa shape index (κ1) is 15.1. The van der Waals surface area contributed by atoms with Crippen LogP contribution in [0.1, 0.15) is 27.9 Å². The third kappa shape index (κ3) is 3.12. The Bertz CT molecular complexity index is 963. The number of aromatic amines is 1. The number of hydrogen-bond donors (Lipinski definition) is 2. The van der Waals surface area contributed by atoms with E-state index in [-0.39, 0.29) is 11.9 Å². The Kier molecular flexibility index (Phi) is 3.96. The molecule has 2 N–H and O–H groups in total. The van der Waals surface area contributed by atoms with Crippen molar-refractivity contribution < 1.29 is 4.79 Å². The number of fused-ring (bicyclic) bond motifs is 1. The molecule has 5 nitrogen and oxygen atoms in total. The maximum absolute atomic E-state index is 12.6. The van der Waals surface area contributed by atoms with Gasteiger partial charge < -0.3 is 10.3 Å². The van der Waals surface area contributed by atoms with Gasteiger partial charge in [0.05, 0.1) is 11.0 Å². The quantitative estimate of drug-likeness (QED) is 0.602. The van der Waals surface area contributed by atoms with Gasteiger partial charge in [-0.15, -0.1) is 0 Å². The van der Waals surface area contributed by atoms with E-state index in [1.807, 2.05) is 54.6 Å². The van der Waals surface area contributed by atoms with Gasteiger partial charge in [0.1, 0.15) is 17.6 Å². The van der Waals surface area contributed by atoms with Crippen molar-refractivity contribution in [3.8, 4) is 0 Å². The number of benzene rings is 2. The van der Waals surface area contributed by atoms with Crippen LogP contribution < -0.4 is 5.32 Å². The number of amides is 1. The Hall–Kier alpha value is -3.47. The van der Waals surface area contributed by atoms with Crippen LogP contribution in [0.4, 0.5) is 0 Å². The van der Waals surface area contributed by atoms with Crippen molar-refractivity contribution in [1.29, 1.82) is 0 Å². The van der Waals surface area contributed by atoms with Crippen LogP contribution in [0, 0.1) is 0 Å². The van der Waals surface area contributed by atoms with Crippen LogP contribution in [-0.4, -0.2) is 20.9 Å². The molecule has 0 saturated heterocycles. The van der Waals surface area contributed by atoms with Crippen molar-refractivity contribution in [1.82, 2.24) is 20.3 Å². The molecule has 2 aromatic heterocycles. The number of imidazole rings is 1. The molecule has 0 spiro atoms. The number of para-hydroxylation sites is 2. The normalized spacial score (nSPS) is 12.0. The summed E-state index contributed by atoms with van der Waals surface area (Å²) in [5.74, 6) is 0.451. The Balaban J connectivity index is 1.73. The van der Waals surface area contributed by atoms with Gasteiger partial charge in [-0.2, -0.15) is 0 Å². The van der Waals surface area contributed by atoms with E-state index in [2.05, 4.69) is 20.3 Å². The number of rotatable bonds is 4. The van der Waals surface area contributed by atoms with Crippen LogP contribution >= 0.6 is 0 Å². The van der Waals surface area contributed by atoms with Crippen LogP contribution in [0.5, 0.6) is 0 Å². The topological polar surface area (TPSA) is 70.7 Å². The van der Waals surface area contributed by atoms with Crippen molar-refractivity contribution in [2.75, 3.05) is 0 Å². The lowest BCUT2D eigenvalue weighted by Gasteiger charge is -2.17. The second-order valence-corrected chi connectivity index (χ2v) is 5.67. The van der Waals surface area contributed by atoms with E-state index in [1.54, 1.807) is 24.4 Å². The van der Waals surface area contributed by atoms with Gasteiger partial charge >= 0.3 is 0 Å². The van der Waals surface area contributed by atoms with Gasteiger partial charge in [0, 0.05) is 6.20 Å². The van der Waals surface area contributed by atoms with E-state index in [0.29, 0.717) is 11.5 Å². The van der Waals surface area contributed by atoms with Crippen molar-refractivity contribution in [3.63, 3.8) is 0 Å². The molecule has 4 aromatic rings. The third-order valence-electron chi connectivity index (χ3n) is 3.99. The summed E-state index contributed by atoms with van der Waals surface area (Å²) in [6.07, 6.45) is 1.60. The van der Waals surface area contributed by atoms with Crippen molar-refractivity contribution in [2.45, 2.75) is 6.04 Å². The Morgan fingerprint density at radius 3 is 2.44 bits per heavy atom. The lowest BCUT2D eigenvalue weighted by molar-refractivity contribution is 0.0936. The summed E-state index contributed by atoms with van der Waals surface area (Å²) in [6.45, 7) is 0. The number of pyridine rings is 1. The zero-order valence-electron chi connectivity index (χ0n) is 13.4. The highest BCUT2D eigenvalue weighted by Gasteiger charge is 2.21. The number of H-pyrrole nitrogens is 1. The summed E-state index contributed by atoms with van der Waals surface area (Å²) < 4.78 is 0. The highest BCUT2D eigenvalue weighted by Crippen LogP contribution is 2.22. The van der Waals surface area contributed by atoms with Gasteiger partial charge in [-0.25, -0.2) is 4.98 Å². The van der Waals surface area contributed by atoms with Gasteiger partial charge in [0.25, 0.3) is 5.91 Å². The molecule has 2 heterocycles. The van der Waals surface area contributed by atoms with E-state index in [4.69, 9.17) is 0 Å². The molecule has 122 valence electrons. The highest BCUT2D eigenvalue weighted by atomic mass is 16.1. The zero-order valence-corrected chi connectivity index (χ0v) is 13.4. The maximum atomic E-state index is 12.6. The molecule has 4 rings (SSSR count). The molecule has 1 amide bonds. The SMILES string of the molecule is O=C(N[C@H](c1ccccc1)c1nc2ccccc2[nH]1)c1ccccn1. The van der Waals surface area contributed by atoms with Crippen LogP contribution in [0.3, 0.4) is 0 Å². The van der Waals surface area contributed by atoms with Crippen LogP contribution in [0.2, 0.25) is 0 Å². The number of nitrogens with one attached hydrogen (secondary N) is 2. The second kappa shape index (κ2) is 6.57. The molecule has 0 aliphatic rings. The standard InChI is InChI=1S/C20H16N4O/c25-20(17-12-6-7-13-21-17)24-18(14-8-2-1-3-9-14)19-22-15-10-4-5-11-16(15)23-19/h1-13,18H,(H,22,23)(H,24,25)/t18-/m1/s1. The molecule has 0 aliphatic carbocycles. The van der Waals surface area contributed by atoms with Gasteiger partial charge in [0.15, 0.2) is 0 Å². The number of carbonyl (C=O) groups excluding carboxylic acids is 1. The average Bonchev–Trinajstić information content (AvgIpc) is 3.11. The zero-order chi connectivity index (χ0) is 17.1. The molecule has 0 aliphatic heterocycles. The molecule has 0 bridgehead atoms. The monoisotopic (exact) mass is 328 g/mol. The van der Waals surface area contributed by atoms with Gasteiger partial charge in [0.2, 0.25) is 0 Å². The predicted octanol–water partition coefficient (Wildman–Crippen LogP) is 3.48. The predicted molar refractivity (Wildman–Crippen MR) is 96.1 cm³/mol. The Morgan fingerprint density at radius 1 is 0.920 bits per heavy atom. The lowest BCUT2D eigenvalue weighted by Crippen LogP contribution is -2.30. The molecule has 2 aromatic carbocycles. The molecular weight excluding hydrogens is 312 g/mol. The fourth-order valence-electron chi connectivity index (χ4n) is 2.77. The first-order valence-electron chi connectivity index (χ1n) is 8.03. The van der Waals surface area contributed by atoms with Crippen molar-refractivity contribution in [2.24, 2.45) is 0 Å². The van der Waals surface area contributed by atoms with E-state index >= 15 is 0 Å². The molecule has 0 fully saturated rings. The summed E-state index contributed by atoms with van der Waals surface area (Å²) in [6, 6.07) is 22.4. The summed E-state index contributed by atoms with van der Waals surface area (Å²) in [5.41, 5.74) is 3.13. The fourth-order valence-corrected chi connectivity index (χ4v) is 2.77. The van der Waals surface area contributed by atoms with E-state index in [9.17, 15) is 4.79 Å². The fraction of sp³-hybridized carbons (Fsp3) is 0.0500. The lowest BCUT2D eigenvalue weighted by atomic mass is 10.1. The number of carbonyl (C=O) groups is 1. The number of nitrogens with zero attached hydrogens (tertiary/aromatic N) is 2. The molecule has 1 atom stereocenters. The summed E-state index contributed by atoms with van der Waals surface area (Å²) >= 11 is 0. The minimum absolute atomic E-state index is 0.241. The molecule has 25 heavy (non-hydrogen) atoms. The number of aromatic nitrogens is 3. The largest absolute Gasteiger partial charge is 0.340 e. The van der Waals surface area contributed by atoms with Crippen LogP contribution in [-0.2, 0) is 0 Å². The summed E-state index contributed by atoms with van der Waals surface area (Å²) in [4.78, 5) is 24.7. The Morgan fingerprint density at radius 2 is 1.68 bits per heavy atom. The summed E-state index contributed by atoms with van der Waals surface area (Å²) in [7, 11) is 0. The first-order valence-corrected chi connectivity index (χ1v) is 8.03. The highest BCUT2D eigenvalue weighted by molar-refractivity contribution is 5.92. The average molecular weight is 328 g/mol. The van der Waals surface area contributed by atoms with Crippen molar-refractivity contribution in [3.05, 3.63) is 96.1 Å². The van der Waals surface area contributed by atoms with Gasteiger partial charge in [-0.1, -0.05) is 48.5 Å².